The molecule has 1 heterocycles. The van der Waals surface area contributed by atoms with Crippen LogP contribution in [0.5, 0.6) is 11.5 Å². The van der Waals surface area contributed by atoms with Crippen LogP contribution in [0, 0.1) is 0 Å². The fourth-order valence-electron chi connectivity index (χ4n) is 2.75. The van der Waals surface area contributed by atoms with E-state index in [1.54, 1.807) is 42.5 Å². The number of aromatic nitrogens is 1. The highest BCUT2D eigenvalue weighted by molar-refractivity contribution is 7.87. The Morgan fingerprint density at radius 3 is 2.45 bits per heavy atom. The third-order valence-electron chi connectivity index (χ3n) is 4.06. The lowest BCUT2D eigenvalue weighted by Gasteiger charge is -2.12. The molecule has 3 aromatic carbocycles. The molecule has 0 atom stereocenters. The van der Waals surface area contributed by atoms with E-state index >= 15 is 0 Å². The maximum absolute atomic E-state index is 12.9. The van der Waals surface area contributed by atoms with Crippen molar-refractivity contribution >= 4 is 44.4 Å². The number of oxazole rings is 1. The zero-order valence-electron chi connectivity index (χ0n) is 14.9. The molecule has 4 rings (SSSR count). The largest absolute Gasteiger partial charge is 0.495 e. The van der Waals surface area contributed by atoms with Gasteiger partial charge in [-0.25, -0.2) is 4.98 Å². The summed E-state index contributed by atoms with van der Waals surface area (Å²) in [7, 11) is -2.84. The monoisotopic (exact) mass is 449 g/mol. The lowest BCUT2D eigenvalue weighted by molar-refractivity contribution is 0.398. The minimum absolute atomic E-state index is 0.0268. The molecule has 29 heavy (non-hydrogen) atoms. The first-order chi connectivity index (χ1) is 13.9. The van der Waals surface area contributed by atoms with Gasteiger partial charge in [0.05, 0.1) is 12.7 Å². The van der Waals surface area contributed by atoms with Gasteiger partial charge in [-0.2, -0.15) is 8.42 Å². The molecule has 0 bridgehead atoms. The molecule has 0 saturated heterocycles. The van der Waals surface area contributed by atoms with Crippen molar-refractivity contribution in [2.24, 2.45) is 0 Å². The number of benzene rings is 3. The van der Waals surface area contributed by atoms with Crippen LogP contribution in [0.15, 0.2) is 70.0 Å². The van der Waals surface area contributed by atoms with E-state index < -0.39 is 10.1 Å². The smallest absolute Gasteiger partial charge is 0.342 e. The van der Waals surface area contributed by atoms with Gasteiger partial charge in [-0.3, -0.25) is 0 Å². The van der Waals surface area contributed by atoms with E-state index in [-0.39, 0.29) is 27.3 Å². The molecule has 0 aliphatic heterocycles. The Labute approximate surface area is 176 Å². The number of hydrogen-bond donors (Lipinski definition) is 0. The second-order valence-electron chi connectivity index (χ2n) is 5.96. The Morgan fingerprint density at radius 1 is 0.931 bits per heavy atom. The topological polar surface area (TPSA) is 78.6 Å². The number of rotatable bonds is 5. The van der Waals surface area contributed by atoms with Crippen molar-refractivity contribution in [3.63, 3.8) is 0 Å². The third kappa shape index (κ3) is 3.89. The van der Waals surface area contributed by atoms with Gasteiger partial charge in [0, 0.05) is 16.1 Å². The second-order valence-corrected chi connectivity index (χ2v) is 8.35. The summed E-state index contributed by atoms with van der Waals surface area (Å²) in [6.45, 7) is 0. The average molecular weight is 450 g/mol. The van der Waals surface area contributed by atoms with Crippen molar-refractivity contribution in [1.29, 1.82) is 0 Å². The van der Waals surface area contributed by atoms with Crippen LogP contribution in [0.1, 0.15) is 0 Å². The number of halogens is 2. The van der Waals surface area contributed by atoms with Crippen LogP contribution in [-0.4, -0.2) is 20.5 Å². The number of ether oxygens (including phenoxy) is 1. The first kappa shape index (κ1) is 19.6. The number of hydrogen-bond acceptors (Lipinski definition) is 6. The first-order valence-electron chi connectivity index (χ1n) is 8.31. The van der Waals surface area contributed by atoms with Crippen molar-refractivity contribution in [3.8, 4) is 23.0 Å². The summed E-state index contributed by atoms with van der Waals surface area (Å²) >= 11 is 12.1. The molecule has 0 aliphatic rings. The van der Waals surface area contributed by atoms with Crippen LogP contribution in [0.4, 0.5) is 0 Å². The average Bonchev–Trinajstić information content (AvgIpc) is 3.10. The molecule has 0 spiro atoms. The Morgan fingerprint density at radius 2 is 1.66 bits per heavy atom. The summed E-state index contributed by atoms with van der Waals surface area (Å²) in [5.41, 5.74) is 1.35. The highest BCUT2D eigenvalue weighted by atomic mass is 35.5. The first-order valence-corrected chi connectivity index (χ1v) is 10.5. The van der Waals surface area contributed by atoms with Gasteiger partial charge in [0.2, 0.25) is 5.89 Å². The lowest BCUT2D eigenvalue weighted by Crippen LogP contribution is -2.11. The number of nitrogens with zero attached hydrogens (tertiary/aromatic N) is 1. The predicted molar refractivity (Wildman–Crippen MR) is 110 cm³/mol. The van der Waals surface area contributed by atoms with Crippen molar-refractivity contribution in [1.82, 2.24) is 4.98 Å². The normalized spacial score (nSPS) is 11.6. The summed E-state index contributed by atoms with van der Waals surface area (Å²) in [5.74, 6) is 0.304. The van der Waals surface area contributed by atoms with E-state index in [1.807, 2.05) is 0 Å². The molecule has 6 nitrogen and oxygen atoms in total. The molecule has 0 radical (unpaired) electrons. The Balaban J connectivity index is 1.81. The van der Waals surface area contributed by atoms with Gasteiger partial charge in [-0.05, 0) is 42.5 Å². The summed E-state index contributed by atoms with van der Waals surface area (Å²) in [6.07, 6.45) is 0. The number of fused-ring (bicyclic) bond motifs is 1. The number of para-hydroxylation sites is 1. The van der Waals surface area contributed by atoms with Gasteiger partial charge in [0.1, 0.15) is 16.2 Å². The molecule has 0 unspecified atom stereocenters. The van der Waals surface area contributed by atoms with E-state index in [0.717, 1.165) is 0 Å². The van der Waals surface area contributed by atoms with Crippen molar-refractivity contribution in [2.75, 3.05) is 7.11 Å². The van der Waals surface area contributed by atoms with E-state index in [1.165, 1.54) is 25.3 Å². The van der Waals surface area contributed by atoms with E-state index in [2.05, 4.69) is 4.98 Å². The fraction of sp³-hybridized carbons (Fsp3) is 0.0500. The standard InChI is InChI=1S/C20H13Cl2NO5S/c1-26-17-4-2-3-5-19(17)29(24,25)28-18-11-13(22)6-8-14(18)20-23-15-10-12(21)7-9-16(15)27-20/h2-11H,1H3. The van der Waals surface area contributed by atoms with Gasteiger partial charge in [-0.1, -0.05) is 35.3 Å². The molecule has 148 valence electrons. The van der Waals surface area contributed by atoms with Gasteiger partial charge >= 0.3 is 10.1 Å². The minimum atomic E-state index is -4.21. The SMILES string of the molecule is COc1ccccc1S(=O)(=O)Oc1cc(Cl)ccc1-c1nc2cc(Cl)ccc2o1. The van der Waals surface area contributed by atoms with Crippen LogP contribution >= 0.6 is 23.2 Å². The Hall–Kier alpha value is -2.74. The van der Waals surface area contributed by atoms with Crippen molar-refractivity contribution < 1.29 is 21.8 Å². The third-order valence-corrected chi connectivity index (χ3v) is 5.81. The number of methoxy groups -OCH3 is 1. The summed E-state index contributed by atoms with van der Waals surface area (Å²) < 4.78 is 42.0. The fourth-order valence-corrected chi connectivity index (χ4v) is 4.18. The molecule has 0 aliphatic carbocycles. The molecule has 9 heteroatoms. The molecular formula is C20H13Cl2NO5S. The van der Waals surface area contributed by atoms with Gasteiger partial charge in [-0.15, -0.1) is 0 Å². The van der Waals surface area contributed by atoms with Crippen LogP contribution in [0.3, 0.4) is 0 Å². The zero-order valence-corrected chi connectivity index (χ0v) is 17.3. The van der Waals surface area contributed by atoms with Crippen LogP contribution in [-0.2, 0) is 10.1 Å². The molecular weight excluding hydrogens is 437 g/mol. The minimum Gasteiger partial charge on any atom is -0.495 e. The molecule has 0 fully saturated rings. The molecule has 0 amide bonds. The summed E-state index contributed by atoms with van der Waals surface area (Å²) in [6, 6.07) is 15.7. The summed E-state index contributed by atoms with van der Waals surface area (Å²) in [4.78, 5) is 4.26. The van der Waals surface area contributed by atoms with Gasteiger partial charge < -0.3 is 13.3 Å². The van der Waals surface area contributed by atoms with Crippen LogP contribution in [0.25, 0.3) is 22.6 Å². The Kier molecular flexibility index (Phi) is 5.12. The summed E-state index contributed by atoms with van der Waals surface area (Å²) in [5, 5.41) is 0.793. The van der Waals surface area contributed by atoms with E-state index in [9.17, 15) is 8.42 Å². The Bertz CT molecular complexity index is 1320. The van der Waals surface area contributed by atoms with E-state index in [0.29, 0.717) is 21.7 Å². The highest BCUT2D eigenvalue weighted by Gasteiger charge is 2.24. The van der Waals surface area contributed by atoms with Gasteiger partial charge in [0.15, 0.2) is 11.3 Å². The second kappa shape index (κ2) is 7.59. The molecule has 1 aromatic heterocycles. The molecule has 4 aromatic rings. The van der Waals surface area contributed by atoms with Crippen molar-refractivity contribution in [2.45, 2.75) is 4.90 Å². The maximum Gasteiger partial charge on any atom is 0.342 e. The van der Waals surface area contributed by atoms with Gasteiger partial charge in [0.25, 0.3) is 0 Å². The van der Waals surface area contributed by atoms with Crippen LogP contribution < -0.4 is 8.92 Å². The van der Waals surface area contributed by atoms with Crippen LogP contribution in [0.2, 0.25) is 10.0 Å². The maximum atomic E-state index is 12.9. The predicted octanol–water partition coefficient (Wildman–Crippen LogP) is 5.58. The molecule has 0 N–H and O–H groups in total. The quantitative estimate of drug-likeness (QED) is 0.370. The van der Waals surface area contributed by atoms with Crippen molar-refractivity contribution in [3.05, 3.63) is 70.7 Å². The molecule has 0 saturated carbocycles. The van der Waals surface area contributed by atoms with E-state index in [4.69, 9.17) is 36.5 Å². The highest BCUT2D eigenvalue weighted by Crippen LogP contribution is 2.37. The zero-order chi connectivity index (χ0) is 20.6. The lowest BCUT2D eigenvalue weighted by atomic mass is 10.2.